The van der Waals surface area contributed by atoms with E-state index < -0.39 is 6.04 Å². The highest BCUT2D eigenvalue weighted by molar-refractivity contribution is 5.98. The van der Waals surface area contributed by atoms with E-state index in [1.54, 1.807) is 36.3 Å². The molecule has 7 heteroatoms. The molecule has 1 atom stereocenters. The molecule has 182 valence electrons. The quantitative estimate of drug-likeness (QED) is 0.647. The Morgan fingerprint density at radius 1 is 1.06 bits per heavy atom. The van der Waals surface area contributed by atoms with E-state index in [1.165, 1.54) is 0 Å². The second kappa shape index (κ2) is 11.7. The molecule has 1 fully saturated rings. The van der Waals surface area contributed by atoms with Crippen molar-refractivity contribution in [3.8, 4) is 5.75 Å². The zero-order chi connectivity index (χ0) is 24.7. The van der Waals surface area contributed by atoms with E-state index in [4.69, 9.17) is 4.74 Å². The van der Waals surface area contributed by atoms with Gasteiger partial charge in [0.15, 0.2) is 0 Å². The van der Waals surface area contributed by atoms with Crippen LogP contribution in [0.2, 0.25) is 0 Å². The number of piperidine rings is 1. The number of nitrogens with zero attached hydrogens (tertiary/aromatic N) is 2. The summed E-state index contributed by atoms with van der Waals surface area (Å²) in [6.45, 7) is 8.06. The topological polar surface area (TPSA) is 79.0 Å². The highest BCUT2D eigenvalue weighted by Gasteiger charge is 2.36. The van der Waals surface area contributed by atoms with Crippen LogP contribution in [0.4, 0.5) is 0 Å². The third-order valence-electron chi connectivity index (χ3n) is 6.63. The van der Waals surface area contributed by atoms with Crippen molar-refractivity contribution in [3.05, 3.63) is 65.2 Å². The molecule has 0 radical (unpaired) electrons. The number of hydrogen-bond acceptors (Lipinski definition) is 4. The molecule has 1 N–H and O–H groups in total. The van der Waals surface area contributed by atoms with E-state index in [1.807, 2.05) is 49.9 Å². The molecule has 1 heterocycles. The van der Waals surface area contributed by atoms with Crippen LogP contribution in [-0.4, -0.2) is 66.9 Å². The maximum atomic E-state index is 13.4. The zero-order valence-electron chi connectivity index (χ0n) is 20.5. The number of rotatable bonds is 8. The molecule has 0 aliphatic carbocycles. The predicted molar refractivity (Wildman–Crippen MR) is 132 cm³/mol. The average molecular weight is 466 g/mol. The summed E-state index contributed by atoms with van der Waals surface area (Å²) < 4.78 is 5.23. The van der Waals surface area contributed by atoms with Crippen molar-refractivity contribution >= 4 is 17.7 Å². The molecule has 3 amide bonds. The van der Waals surface area contributed by atoms with Crippen LogP contribution in [-0.2, 0) is 4.79 Å². The number of likely N-dealkylation sites (tertiary alicyclic amines) is 1. The van der Waals surface area contributed by atoms with Crippen molar-refractivity contribution in [2.24, 2.45) is 5.92 Å². The molecule has 1 aliphatic rings. The smallest absolute Gasteiger partial charge is 0.254 e. The Balaban J connectivity index is 1.75. The summed E-state index contributed by atoms with van der Waals surface area (Å²) in [6, 6.07) is 13.8. The van der Waals surface area contributed by atoms with Crippen LogP contribution >= 0.6 is 0 Å². The SMILES string of the molecule is CCN(CC)C(=O)[C@H](NC(=O)c1cccc(OC)c1)C1CCN(C(=O)c2ccccc2C)CC1. The summed E-state index contributed by atoms with van der Waals surface area (Å²) in [7, 11) is 1.55. The molecule has 0 aromatic heterocycles. The minimum atomic E-state index is -0.644. The van der Waals surface area contributed by atoms with Gasteiger partial charge in [0.25, 0.3) is 11.8 Å². The first-order valence-corrected chi connectivity index (χ1v) is 12.0. The van der Waals surface area contributed by atoms with Crippen LogP contribution in [0.3, 0.4) is 0 Å². The van der Waals surface area contributed by atoms with Crippen LogP contribution in [0, 0.1) is 12.8 Å². The molecule has 3 rings (SSSR count). The Bertz CT molecular complexity index is 1010. The van der Waals surface area contributed by atoms with Crippen LogP contribution in [0.15, 0.2) is 48.5 Å². The van der Waals surface area contributed by atoms with Gasteiger partial charge in [0.1, 0.15) is 11.8 Å². The fourth-order valence-electron chi connectivity index (χ4n) is 4.52. The van der Waals surface area contributed by atoms with Crippen molar-refractivity contribution in [2.45, 2.75) is 39.7 Å². The zero-order valence-corrected chi connectivity index (χ0v) is 20.5. The molecule has 1 aliphatic heterocycles. The summed E-state index contributed by atoms with van der Waals surface area (Å²) in [5, 5.41) is 3.00. The first-order valence-electron chi connectivity index (χ1n) is 12.0. The Morgan fingerprint density at radius 3 is 2.35 bits per heavy atom. The van der Waals surface area contributed by atoms with Gasteiger partial charge in [0.05, 0.1) is 7.11 Å². The van der Waals surface area contributed by atoms with E-state index in [-0.39, 0.29) is 23.6 Å². The van der Waals surface area contributed by atoms with Gasteiger partial charge in [0, 0.05) is 37.3 Å². The molecule has 2 aromatic carbocycles. The first-order chi connectivity index (χ1) is 16.4. The second-order valence-electron chi connectivity index (χ2n) is 8.64. The van der Waals surface area contributed by atoms with E-state index in [9.17, 15) is 14.4 Å². The second-order valence-corrected chi connectivity index (χ2v) is 8.64. The van der Waals surface area contributed by atoms with Gasteiger partial charge in [-0.15, -0.1) is 0 Å². The van der Waals surface area contributed by atoms with Crippen LogP contribution in [0.1, 0.15) is 53.0 Å². The highest BCUT2D eigenvalue weighted by Crippen LogP contribution is 2.25. The van der Waals surface area contributed by atoms with Gasteiger partial charge >= 0.3 is 0 Å². The lowest BCUT2D eigenvalue weighted by molar-refractivity contribution is -0.134. The minimum absolute atomic E-state index is 0.0172. The maximum Gasteiger partial charge on any atom is 0.254 e. The van der Waals surface area contributed by atoms with E-state index in [0.29, 0.717) is 55.9 Å². The molecule has 34 heavy (non-hydrogen) atoms. The molecule has 2 aromatic rings. The van der Waals surface area contributed by atoms with E-state index >= 15 is 0 Å². The molecular formula is C27H35N3O4. The molecule has 0 bridgehead atoms. The molecule has 1 saturated heterocycles. The predicted octanol–water partition coefficient (Wildman–Crippen LogP) is 3.52. The monoisotopic (exact) mass is 465 g/mol. The van der Waals surface area contributed by atoms with E-state index in [0.717, 1.165) is 5.56 Å². The normalized spacial score (nSPS) is 14.9. The number of methoxy groups -OCH3 is 1. The largest absolute Gasteiger partial charge is 0.497 e. The number of benzene rings is 2. The third kappa shape index (κ3) is 5.76. The number of ether oxygens (including phenoxy) is 1. The number of nitrogens with one attached hydrogen (secondary N) is 1. The molecular weight excluding hydrogens is 430 g/mol. The van der Waals surface area contributed by atoms with Gasteiger partial charge in [-0.05, 0) is 69.4 Å². The van der Waals surface area contributed by atoms with E-state index in [2.05, 4.69) is 5.32 Å². The van der Waals surface area contributed by atoms with Crippen LogP contribution in [0.25, 0.3) is 0 Å². The molecule has 7 nitrogen and oxygen atoms in total. The number of amides is 3. The van der Waals surface area contributed by atoms with Gasteiger partial charge in [-0.3, -0.25) is 14.4 Å². The van der Waals surface area contributed by atoms with Gasteiger partial charge in [-0.2, -0.15) is 0 Å². The standard InChI is InChI=1S/C27H35N3O4/c1-5-29(6-2)27(33)24(28-25(31)21-11-9-12-22(18-21)34-4)20-14-16-30(17-15-20)26(32)23-13-8-7-10-19(23)3/h7-13,18,20,24H,5-6,14-17H2,1-4H3,(H,28,31)/t24-/m1/s1. The Labute approximate surface area is 202 Å². The van der Waals surface area contributed by atoms with Gasteiger partial charge < -0.3 is 19.9 Å². The maximum absolute atomic E-state index is 13.4. The van der Waals surface area contributed by atoms with Crippen molar-refractivity contribution in [3.63, 3.8) is 0 Å². The van der Waals surface area contributed by atoms with Crippen molar-refractivity contribution in [1.29, 1.82) is 0 Å². The molecule has 0 spiro atoms. The fourth-order valence-corrected chi connectivity index (χ4v) is 4.52. The third-order valence-corrected chi connectivity index (χ3v) is 6.63. The summed E-state index contributed by atoms with van der Waals surface area (Å²) in [5.74, 6) is 0.169. The lowest BCUT2D eigenvalue weighted by atomic mass is 9.87. The number of carbonyl (C=O) groups excluding carboxylic acids is 3. The molecule has 0 unspecified atom stereocenters. The number of carbonyl (C=O) groups is 3. The summed E-state index contributed by atoms with van der Waals surface area (Å²) in [4.78, 5) is 43.1. The lowest BCUT2D eigenvalue weighted by Crippen LogP contribution is -2.54. The fraction of sp³-hybridized carbons (Fsp3) is 0.444. The lowest BCUT2D eigenvalue weighted by Gasteiger charge is -2.37. The van der Waals surface area contributed by atoms with Crippen molar-refractivity contribution < 1.29 is 19.1 Å². The average Bonchev–Trinajstić information content (AvgIpc) is 2.87. The number of likely N-dealkylation sites (N-methyl/N-ethyl adjacent to an activating group) is 1. The Kier molecular flexibility index (Phi) is 8.68. The summed E-state index contributed by atoms with van der Waals surface area (Å²) in [5.41, 5.74) is 2.11. The Hall–Kier alpha value is -3.35. The highest BCUT2D eigenvalue weighted by atomic mass is 16.5. The van der Waals surface area contributed by atoms with Gasteiger partial charge in [0.2, 0.25) is 5.91 Å². The first kappa shape index (κ1) is 25.3. The number of hydrogen-bond donors (Lipinski definition) is 1. The summed E-state index contributed by atoms with van der Waals surface area (Å²) in [6.07, 6.45) is 1.29. The van der Waals surface area contributed by atoms with Crippen molar-refractivity contribution in [1.82, 2.24) is 15.1 Å². The number of aryl methyl sites for hydroxylation is 1. The minimum Gasteiger partial charge on any atom is -0.497 e. The Morgan fingerprint density at radius 2 is 1.74 bits per heavy atom. The van der Waals surface area contributed by atoms with Crippen LogP contribution in [0.5, 0.6) is 5.75 Å². The van der Waals surface area contributed by atoms with Gasteiger partial charge in [-0.1, -0.05) is 24.3 Å². The van der Waals surface area contributed by atoms with Crippen molar-refractivity contribution in [2.75, 3.05) is 33.3 Å². The van der Waals surface area contributed by atoms with Crippen LogP contribution < -0.4 is 10.1 Å². The summed E-state index contributed by atoms with van der Waals surface area (Å²) >= 11 is 0. The molecule has 0 saturated carbocycles. The van der Waals surface area contributed by atoms with Gasteiger partial charge in [-0.25, -0.2) is 0 Å².